The molecule has 1 heterocycles. The van der Waals surface area contributed by atoms with Crippen molar-refractivity contribution in [1.29, 1.82) is 0 Å². The Morgan fingerprint density at radius 2 is 1.94 bits per heavy atom. The molecular weight excluding hydrogens is 222 g/mol. The normalized spacial score (nSPS) is 10.7. The average molecular weight is 237 g/mol. The Morgan fingerprint density at radius 3 is 2.78 bits per heavy atom. The first-order valence-electron chi connectivity index (χ1n) is 6.01. The number of rotatable bonds is 3. The first-order valence-corrected chi connectivity index (χ1v) is 6.01. The molecule has 1 aromatic heterocycles. The van der Waals surface area contributed by atoms with E-state index in [0.717, 1.165) is 12.2 Å². The molecule has 0 spiro atoms. The number of nitrogens with one attached hydrogen (secondary N) is 1. The molecule has 3 heteroatoms. The summed E-state index contributed by atoms with van der Waals surface area (Å²) in [6, 6.07) is 14.7. The zero-order chi connectivity index (χ0) is 12.4. The lowest BCUT2D eigenvalue weighted by Gasteiger charge is -2.10. The van der Waals surface area contributed by atoms with Gasteiger partial charge in [0.25, 0.3) is 0 Å². The van der Waals surface area contributed by atoms with Gasteiger partial charge in [0.05, 0.1) is 18.6 Å². The molecule has 3 aromatic rings. The summed E-state index contributed by atoms with van der Waals surface area (Å²) in [5.41, 5.74) is 2.33. The van der Waals surface area contributed by atoms with Gasteiger partial charge in [-0.3, -0.25) is 0 Å². The minimum Gasteiger partial charge on any atom is -0.379 e. The summed E-state index contributed by atoms with van der Waals surface area (Å²) in [5, 5.41) is 5.98. The second-order valence-corrected chi connectivity index (χ2v) is 4.38. The number of hydrogen-bond donors (Lipinski definition) is 1. The third kappa shape index (κ3) is 1.95. The molecule has 0 aliphatic heterocycles. The molecule has 0 saturated carbocycles. The lowest BCUT2D eigenvalue weighted by atomic mass is 10.1. The average Bonchev–Trinajstić information content (AvgIpc) is 2.82. The third-order valence-electron chi connectivity index (χ3n) is 3.17. The Balaban J connectivity index is 1.89. The second kappa shape index (κ2) is 4.53. The van der Waals surface area contributed by atoms with Crippen LogP contribution >= 0.6 is 0 Å². The predicted molar refractivity (Wildman–Crippen MR) is 74.5 cm³/mol. The number of hydrogen-bond acceptors (Lipinski definition) is 2. The molecule has 0 radical (unpaired) electrons. The van der Waals surface area contributed by atoms with Gasteiger partial charge >= 0.3 is 0 Å². The number of imidazole rings is 1. The van der Waals surface area contributed by atoms with E-state index < -0.39 is 0 Å². The maximum absolute atomic E-state index is 4.12. The van der Waals surface area contributed by atoms with Crippen molar-refractivity contribution >= 4 is 16.5 Å². The third-order valence-corrected chi connectivity index (χ3v) is 3.17. The van der Waals surface area contributed by atoms with Crippen LogP contribution in [-0.2, 0) is 13.6 Å². The van der Waals surface area contributed by atoms with Crippen LogP contribution in [0.3, 0.4) is 0 Å². The Hall–Kier alpha value is -2.29. The van der Waals surface area contributed by atoms with Crippen molar-refractivity contribution in [3.8, 4) is 0 Å². The summed E-state index contributed by atoms with van der Waals surface area (Å²) in [7, 11) is 2.01. The quantitative estimate of drug-likeness (QED) is 0.758. The SMILES string of the molecule is Cn1cncc1CNc1cccc2ccccc12. The van der Waals surface area contributed by atoms with E-state index >= 15 is 0 Å². The monoisotopic (exact) mass is 237 g/mol. The molecule has 0 atom stereocenters. The van der Waals surface area contributed by atoms with Gasteiger partial charge in [-0.2, -0.15) is 0 Å². The van der Waals surface area contributed by atoms with Gasteiger partial charge in [0, 0.05) is 24.3 Å². The lowest BCUT2D eigenvalue weighted by Crippen LogP contribution is -2.04. The van der Waals surface area contributed by atoms with Crippen LogP contribution in [0.15, 0.2) is 55.0 Å². The molecule has 3 nitrogen and oxygen atoms in total. The van der Waals surface area contributed by atoms with Gasteiger partial charge in [-0.25, -0.2) is 4.98 Å². The number of aromatic nitrogens is 2. The second-order valence-electron chi connectivity index (χ2n) is 4.38. The number of benzene rings is 2. The van der Waals surface area contributed by atoms with E-state index in [0.29, 0.717) is 0 Å². The van der Waals surface area contributed by atoms with Crippen LogP contribution in [0.5, 0.6) is 0 Å². The van der Waals surface area contributed by atoms with Crippen molar-refractivity contribution in [3.05, 3.63) is 60.7 Å². The van der Waals surface area contributed by atoms with Crippen LogP contribution < -0.4 is 5.32 Å². The highest BCUT2D eigenvalue weighted by Gasteiger charge is 2.01. The summed E-state index contributed by atoms with van der Waals surface area (Å²) in [5.74, 6) is 0. The topological polar surface area (TPSA) is 29.9 Å². The van der Waals surface area contributed by atoms with E-state index in [-0.39, 0.29) is 0 Å². The number of nitrogens with zero attached hydrogens (tertiary/aromatic N) is 2. The molecule has 0 fully saturated rings. The largest absolute Gasteiger partial charge is 0.379 e. The summed E-state index contributed by atoms with van der Waals surface area (Å²) < 4.78 is 2.03. The van der Waals surface area contributed by atoms with Crippen LogP contribution in [-0.4, -0.2) is 9.55 Å². The molecule has 2 aromatic carbocycles. The molecule has 3 rings (SSSR count). The molecule has 0 saturated heterocycles. The highest BCUT2D eigenvalue weighted by atomic mass is 15.0. The molecule has 90 valence electrons. The molecule has 0 bridgehead atoms. The first-order chi connectivity index (χ1) is 8.84. The first kappa shape index (κ1) is 10.8. The molecular formula is C15H15N3. The van der Waals surface area contributed by atoms with E-state index in [1.807, 2.05) is 24.1 Å². The predicted octanol–water partition coefficient (Wildman–Crippen LogP) is 3.19. The van der Waals surface area contributed by atoms with Gasteiger partial charge in [-0.1, -0.05) is 36.4 Å². The smallest absolute Gasteiger partial charge is 0.0946 e. The van der Waals surface area contributed by atoms with Crippen LogP contribution in [0, 0.1) is 0 Å². The van der Waals surface area contributed by atoms with Gasteiger partial charge < -0.3 is 9.88 Å². The van der Waals surface area contributed by atoms with Crippen LogP contribution in [0.2, 0.25) is 0 Å². The van der Waals surface area contributed by atoms with Crippen molar-refractivity contribution in [3.63, 3.8) is 0 Å². The van der Waals surface area contributed by atoms with E-state index in [2.05, 4.69) is 52.8 Å². The standard InChI is InChI=1S/C15H15N3/c1-18-11-16-9-13(18)10-17-15-8-4-6-12-5-2-3-7-14(12)15/h2-9,11,17H,10H2,1H3. The minimum absolute atomic E-state index is 0.782. The van der Waals surface area contributed by atoms with E-state index in [4.69, 9.17) is 0 Å². The molecule has 0 aliphatic carbocycles. The fourth-order valence-corrected chi connectivity index (χ4v) is 2.12. The van der Waals surface area contributed by atoms with Crippen molar-refractivity contribution < 1.29 is 0 Å². The van der Waals surface area contributed by atoms with Crippen molar-refractivity contribution in [2.24, 2.45) is 7.05 Å². The zero-order valence-corrected chi connectivity index (χ0v) is 10.3. The van der Waals surface area contributed by atoms with E-state index in [1.165, 1.54) is 16.5 Å². The van der Waals surface area contributed by atoms with Crippen LogP contribution in [0.1, 0.15) is 5.69 Å². The number of fused-ring (bicyclic) bond motifs is 1. The lowest BCUT2D eigenvalue weighted by molar-refractivity contribution is 0.838. The number of aryl methyl sites for hydroxylation is 1. The van der Waals surface area contributed by atoms with Crippen molar-refractivity contribution in [2.45, 2.75) is 6.54 Å². The van der Waals surface area contributed by atoms with Crippen molar-refractivity contribution in [1.82, 2.24) is 9.55 Å². The fraction of sp³-hybridized carbons (Fsp3) is 0.133. The molecule has 0 amide bonds. The maximum Gasteiger partial charge on any atom is 0.0946 e. The number of anilines is 1. The van der Waals surface area contributed by atoms with E-state index in [9.17, 15) is 0 Å². The van der Waals surface area contributed by atoms with Gasteiger partial charge in [0.15, 0.2) is 0 Å². The highest BCUT2D eigenvalue weighted by molar-refractivity contribution is 5.93. The van der Waals surface area contributed by atoms with Crippen LogP contribution in [0.4, 0.5) is 5.69 Å². The Labute approximate surface area is 106 Å². The van der Waals surface area contributed by atoms with Crippen molar-refractivity contribution in [2.75, 3.05) is 5.32 Å². The molecule has 18 heavy (non-hydrogen) atoms. The highest BCUT2D eigenvalue weighted by Crippen LogP contribution is 2.23. The Bertz CT molecular complexity index is 665. The summed E-state index contributed by atoms with van der Waals surface area (Å²) in [4.78, 5) is 4.12. The molecule has 0 aliphatic rings. The Kier molecular flexibility index (Phi) is 2.73. The van der Waals surface area contributed by atoms with Gasteiger partial charge in [0.1, 0.15) is 0 Å². The summed E-state index contributed by atoms with van der Waals surface area (Å²) in [6.07, 6.45) is 3.71. The summed E-state index contributed by atoms with van der Waals surface area (Å²) >= 11 is 0. The summed E-state index contributed by atoms with van der Waals surface area (Å²) in [6.45, 7) is 0.782. The van der Waals surface area contributed by atoms with Crippen LogP contribution in [0.25, 0.3) is 10.8 Å². The Morgan fingerprint density at radius 1 is 1.11 bits per heavy atom. The minimum atomic E-state index is 0.782. The van der Waals surface area contributed by atoms with Gasteiger partial charge in [0.2, 0.25) is 0 Å². The zero-order valence-electron chi connectivity index (χ0n) is 10.3. The van der Waals surface area contributed by atoms with E-state index in [1.54, 1.807) is 0 Å². The fourth-order valence-electron chi connectivity index (χ4n) is 2.12. The molecule has 1 N–H and O–H groups in total. The maximum atomic E-state index is 4.12. The molecule has 0 unspecified atom stereocenters. The van der Waals surface area contributed by atoms with Gasteiger partial charge in [-0.05, 0) is 11.5 Å². The van der Waals surface area contributed by atoms with Gasteiger partial charge in [-0.15, -0.1) is 0 Å².